The molecule has 0 spiro atoms. The zero-order chi connectivity index (χ0) is 11.9. The number of hydrogen-bond donors (Lipinski definition) is 1. The average Bonchev–Trinajstić information content (AvgIpc) is 2.29. The molecular formula is C10H7Br2NO3. The molecule has 1 amide bonds. The van der Waals surface area contributed by atoms with E-state index in [1.807, 2.05) is 0 Å². The number of amides is 1. The monoisotopic (exact) mass is 347 g/mol. The molecule has 0 saturated carbocycles. The van der Waals surface area contributed by atoms with E-state index in [1.54, 1.807) is 12.1 Å². The summed E-state index contributed by atoms with van der Waals surface area (Å²) in [7, 11) is 0. The number of carbonyl (C=O) groups is 2. The van der Waals surface area contributed by atoms with Crippen LogP contribution < -0.4 is 5.32 Å². The lowest BCUT2D eigenvalue weighted by atomic mass is 10.2. The molecule has 0 unspecified atom stereocenters. The Balaban J connectivity index is 2.60. The van der Waals surface area contributed by atoms with Crippen molar-refractivity contribution in [1.82, 2.24) is 0 Å². The van der Waals surface area contributed by atoms with Gasteiger partial charge < -0.3 is 10.1 Å². The largest absolute Gasteiger partial charge is 0.449 e. The first-order chi connectivity index (χ1) is 7.49. The van der Waals surface area contributed by atoms with Crippen molar-refractivity contribution in [3.63, 3.8) is 0 Å². The number of nitrogens with one attached hydrogen (secondary N) is 1. The molecule has 1 aromatic carbocycles. The maximum absolute atomic E-state index is 11.7. The van der Waals surface area contributed by atoms with Gasteiger partial charge in [0.25, 0.3) is 5.91 Å². The lowest BCUT2D eigenvalue weighted by molar-refractivity contribution is -0.123. The zero-order valence-electron chi connectivity index (χ0n) is 8.21. The van der Waals surface area contributed by atoms with E-state index in [2.05, 4.69) is 37.2 Å². The van der Waals surface area contributed by atoms with Crippen molar-refractivity contribution in [3.8, 4) is 0 Å². The predicted octanol–water partition coefficient (Wildman–Crippen LogP) is 2.71. The molecule has 1 N–H and O–H groups in total. The molecule has 1 aliphatic heterocycles. The summed E-state index contributed by atoms with van der Waals surface area (Å²) in [5.74, 6) is -0.849. The Labute approximate surface area is 109 Å². The third-order valence-electron chi connectivity index (χ3n) is 2.18. The maximum atomic E-state index is 11.7. The van der Waals surface area contributed by atoms with Crippen LogP contribution in [0.3, 0.4) is 0 Å². The summed E-state index contributed by atoms with van der Waals surface area (Å²) < 4.78 is 6.34. The number of fused-ring (bicyclic) bond motifs is 1. The number of ether oxygens (including phenoxy) is 1. The second-order valence-corrected chi connectivity index (χ2v) is 5.12. The number of carbonyl (C=O) groups excluding carboxylic acids is 2. The molecule has 84 valence electrons. The van der Waals surface area contributed by atoms with Crippen LogP contribution >= 0.6 is 31.9 Å². The molecule has 0 aromatic heterocycles. The smallest absolute Gasteiger partial charge is 0.341 e. The lowest BCUT2D eigenvalue weighted by Gasteiger charge is -2.07. The van der Waals surface area contributed by atoms with Crippen LogP contribution in [0, 0.1) is 0 Å². The van der Waals surface area contributed by atoms with Crippen molar-refractivity contribution in [2.75, 3.05) is 5.32 Å². The fourth-order valence-electron chi connectivity index (χ4n) is 1.36. The highest BCUT2D eigenvalue weighted by atomic mass is 79.9. The summed E-state index contributed by atoms with van der Waals surface area (Å²) in [6, 6.07) is 3.36. The average molecular weight is 349 g/mol. The molecule has 1 aliphatic rings. The topological polar surface area (TPSA) is 55.4 Å². The lowest BCUT2D eigenvalue weighted by Crippen LogP contribution is -2.26. The fourth-order valence-corrected chi connectivity index (χ4v) is 2.69. The highest BCUT2D eigenvalue weighted by Crippen LogP contribution is 2.33. The van der Waals surface area contributed by atoms with Crippen molar-refractivity contribution in [1.29, 1.82) is 0 Å². The normalized spacial score (nSPS) is 19.6. The molecule has 0 radical (unpaired) electrons. The molecule has 0 saturated heterocycles. The summed E-state index contributed by atoms with van der Waals surface area (Å²) in [5, 5.41) is 2.65. The summed E-state index contributed by atoms with van der Waals surface area (Å²) >= 11 is 6.56. The van der Waals surface area contributed by atoms with Crippen LogP contribution in [0.4, 0.5) is 5.69 Å². The molecule has 1 atom stereocenters. The van der Waals surface area contributed by atoms with E-state index in [0.717, 1.165) is 4.47 Å². The zero-order valence-corrected chi connectivity index (χ0v) is 11.4. The fraction of sp³-hybridized carbons (Fsp3) is 0.200. The van der Waals surface area contributed by atoms with E-state index in [-0.39, 0.29) is 5.91 Å². The number of halogens is 2. The van der Waals surface area contributed by atoms with E-state index in [0.29, 0.717) is 15.7 Å². The standard InChI is InChI=1S/C10H7Br2NO3/c1-4-9(14)13-8-6(10(15)16-4)2-5(11)3-7(8)12/h2-4H,1H3,(H,13,14)/t4-/m1/s1. The molecule has 4 nitrogen and oxygen atoms in total. The van der Waals surface area contributed by atoms with Gasteiger partial charge in [0.2, 0.25) is 0 Å². The van der Waals surface area contributed by atoms with Gasteiger partial charge in [-0.1, -0.05) is 15.9 Å². The Kier molecular flexibility index (Phi) is 3.03. The van der Waals surface area contributed by atoms with Crippen LogP contribution in [-0.2, 0) is 9.53 Å². The maximum Gasteiger partial charge on any atom is 0.341 e. The number of rotatable bonds is 0. The number of esters is 1. The number of anilines is 1. The molecule has 1 aromatic rings. The van der Waals surface area contributed by atoms with Crippen LogP contribution in [-0.4, -0.2) is 18.0 Å². The number of hydrogen-bond acceptors (Lipinski definition) is 3. The molecule has 0 aliphatic carbocycles. The van der Waals surface area contributed by atoms with Crippen molar-refractivity contribution >= 4 is 49.4 Å². The Bertz CT molecular complexity index is 487. The molecule has 2 rings (SSSR count). The Morgan fingerprint density at radius 3 is 2.69 bits per heavy atom. The molecule has 0 fully saturated rings. The van der Waals surface area contributed by atoms with Gasteiger partial charge in [0.1, 0.15) is 0 Å². The Morgan fingerprint density at radius 1 is 1.31 bits per heavy atom. The molecular weight excluding hydrogens is 342 g/mol. The second-order valence-electron chi connectivity index (χ2n) is 3.35. The molecule has 1 heterocycles. The SMILES string of the molecule is C[C@H]1OC(=O)c2cc(Br)cc(Br)c2NC1=O. The third kappa shape index (κ3) is 1.99. The van der Waals surface area contributed by atoms with Crippen molar-refractivity contribution in [3.05, 3.63) is 26.6 Å². The van der Waals surface area contributed by atoms with Crippen LogP contribution in [0.25, 0.3) is 0 Å². The van der Waals surface area contributed by atoms with E-state index >= 15 is 0 Å². The van der Waals surface area contributed by atoms with Crippen molar-refractivity contribution in [2.45, 2.75) is 13.0 Å². The number of benzene rings is 1. The van der Waals surface area contributed by atoms with E-state index in [4.69, 9.17) is 4.74 Å². The third-order valence-corrected chi connectivity index (χ3v) is 3.26. The Hall–Kier alpha value is -0.880. The van der Waals surface area contributed by atoms with Gasteiger partial charge in [-0.05, 0) is 35.0 Å². The van der Waals surface area contributed by atoms with E-state index in [1.165, 1.54) is 6.92 Å². The van der Waals surface area contributed by atoms with Gasteiger partial charge in [-0.15, -0.1) is 0 Å². The molecule has 16 heavy (non-hydrogen) atoms. The first-order valence-corrected chi connectivity index (χ1v) is 6.08. The van der Waals surface area contributed by atoms with Gasteiger partial charge in [0, 0.05) is 8.95 Å². The summed E-state index contributed by atoms with van der Waals surface area (Å²) in [6.07, 6.45) is -0.787. The first-order valence-electron chi connectivity index (χ1n) is 4.50. The van der Waals surface area contributed by atoms with E-state index < -0.39 is 12.1 Å². The first kappa shape index (κ1) is 11.6. The summed E-state index contributed by atoms with van der Waals surface area (Å²) in [4.78, 5) is 23.2. The van der Waals surface area contributed by atoms with Crippen LogP contribution in [0.2, 0.25) is 0 Å². The highest BCUT2D eigenvalue weighted by Gasteiger charge is 2.28. The quantitative estimate of drug-likeness (QED) is 0.733. The summed E-state index contributed by atoms with van der Waals surface area (Å²) in [6.45, 7) is 1.53. The highest BCUT2D eigenvalue weighted by molar-refractivity contribution is 9.11. The van der Waals surface area contributed by atoms with Crippen LogP contribution in [0.15, 0.2) is 21.1 Å². The van der Waals surface area contributed by atoms with Gasteiger partial charge in [-0.25, -0.2) is 4.79 Å². The minimum atomic E-state index is -0.787. The minimum Gasteiger partial charge on any atom is -0.449 e. The van der Waals surface area contributed by atoms with Gasteiger partial charge in [0.05, 0.1) is 11.3 Å². The number of cyclic esters (lactones) is 1. The Morgan fingerprint density at radius 2 is 2.00 bits per heavy atom. The van der Waals surface area contributed by atoms with Crippen molar-refractivity contribution < 1.29 is 14.3 Å². The van der Waals surface area contributed by atoms with Crippen molar-refractivity contribution in [2.24, 2.45) is 0 Å². The van der Waals surface area contributed by atoms with Crippen LogP contribution in [0.1, 0.15) is 17.3 Å². The minimum absolute atomic E-state index is 0.332. The molecule has 6 heteroatoms. The van der Waals surface area contributed by atoms with E-state index in [9.17, 15) is 9.59 Å². The van der Waals surface area contributed by atoms with Gasteiger partial charge in [-0.3, -0.25) is 4.79 Å². The van der Waals surface area contributed by atoms with Gasteiger partial charge in [0.15, 0.2) is 6.10 Å². The summed E-state index contributed by atoms with van der Waals surface area (Å²) in [5.41, 5.74) is 0.779. The van der Waals surface area contributed by atoms with Gasteiger partial charge >= 0.3 is 5.97 Å². The van der Waals surface area contributed by atoms with Crippen LogP contribution in [0.5, 0.6) is 0 Å². The van der Waals surface area contributed by atoms with Gasteiger partial charge in [-0.2, -0.15) is 0 Å². The molecule has 0 bridgehead atoms. The second kappa shape index (κ2) is 4.18. The predicted molar refractivity (Wildman–Crippen MR) is 65.3 cm³/mol.